The van der Waals surface area contributed by atoms with Gasteiger partial charge >= 0.3 is 0 Å². The van der Waals surface area contributed by atoms with Crippen LogP contribution in [-0.4, -0.2) is 36.6 Å². The summed E-state index contributed by atoms with van der Waals surface area (Å²) in [4.78, 5) is 16.9. The average molecular weight is 319 g/mol. The lowest BCUT2D eigenvalue weighted by Crippen LogP contribution is -2.52. The number of piperidine rings is 1. The molecule has 2 rings (SSSR count). The topological polar surface area (TPSA) is 63.2 Å². The summed E-state index contributed by atoms with van der Waals surface area (Å²) in [6.07, 6.45) is 2.76. The van der Waals surface area contributed by atoms with E-state index in [2.05, 4.69) is 22.5 Å². The zero-order chi connectivity index (χ0) is 17.0. The summed E-state index contributed by atoms with van der Waals surface area (Å²) >= 11 is 0. The van der Waals surface area contributed by atoms with Crippen LogP contribution < -0.4 is 15.4 Å². The van der Waals surface area contributed by atoms with Gasteiger partial charge in [-0.2, -0.15) is 0 Å². The highest BCUT2D eigenvalue weighted by molar-refractivity contribution is 5.82. The fourth-order valence-corrected chi connectivity index (χ4v) is 2.76. The maximum atomic E-state index is 12.6. The normalized spacial score (nSPS) is 21.8. The number of rotatable bonds is 5. The molecule has 2 unspecified atom stereocenters. The van der Waals surface area contributed by atoms with Gasteiger partial charge in [0.25, 0.3) is 0 Å². The molecule has 1 fully saturated rings. The first-order valence-corrected chi connectivity index (χ1v) is 8.37. The van der Waals surface area contributed by atoms with E-state index in [0.717, 1.165) is 30.6 Å². The number of pyridine rings is 1. The molecule has 2 heterocycles. The number of amides is 1. The van der Waals surface area contributed by atoms with Crippen LogP contribution in [0.3, 0.4) is 0 Å². The van der Waals surface area contributed by atoms with E-state index in [4.69, 9.17) is 4.74 Å². The van der Waals surface area contributed by atoms with E-state index >= 15 is 0 Å². The van der Waals surface area contributed by atoms with Crippen molar-refractivity contribution in [3.05, 3.63) is 23.4 Å². The Kier molecular flexibility index (Phi) is 5.63. The first-order valence-electron chi connectivity index (χ1n) is 8.37. The molecule has 1 aromatic rings. The molecule has 1 aromatic heterocycles. The highest BCUT2D eigenvalue weighted by atomic mass is 16.5. The lowest BCUT2D eigenvalue weighted by Gasteiger charge is -2.33. The highest BCUT2D eigenvalue weighted by Gasteiger charge is 2.32. The van der Waals surface area contributed by atoms with Crippen molar-refractivity contribution >= 4 is 5.91 Å². The van der Waals surface area contributed by atoms with E-state index < -0.39 is 5.41 Å². The number of nitrogens with zero attached hydrogens (tertiary/aromatic N) is 1. The second-order valence-electron chi connectivity index (χ2n) is 7.36. The fourth-order valence-electron chi connectivity index (χ4n) is 2.76. The molecule has 0 spiro atoms. The quantitative estimate of drug-likeness (QED) is 0.873. The molecular weight excluding hydrogens is 290 g/mol. The average Bonchev–Trinajstić information content (AvgIpc) is 2.48. The van der Waals surface area contributed by atoms with E-state index in [0.29, 0.717) is 18.4 Å². The molecule has 0 radical (unpaired) electrons. The van der Waals surface area contributed by atoms with Crippen molar-refractivity contribution in [1.29, 1.82) is 0 Å². The molecule has 5 heteroatoms. The molecule has 0 bridgehead atoms. The van der Waals surface area contributed by atoms with Crippen molar-refractivity contribution in [2.24, 2.45) is 11.3 Å². The van der Waals surface area contributed by atoms with E-state index in [-0.39, 0.29) is 11.9 Å². The number of hydrogen-bond acceptors (Lipinski definition) is 4. The smallest absolute Gasteiger partial charge is 0.229 e. The lowest BCUT2D eigenvalue weighted by molar-refractivity contribution is -0.132. The predicted molar refractivity (Wildman–Crippen MR) is 91.6 cm³/mol. The lowest BCUT2D eigenvalue weighted by atomic mass is 9.90. The highest BCUT2D eigenvalue weighted by Crippen LogP contribution is 2.22. The van der Waals surface area contributed by atoms with Gasteiger partial charge in [0.15, 0.2) is 0 Å². The van der Waals surface area contributed by atoms with Crippen LogP contribution in [0.15, 0.2) is 12.3 Å². The Balaban J connectivity index is 1.93. The second-order valence-corrected chi connectivity index (χ2v) is 7.36. The monoisotopic (exact) mass is 319 g/mol. The third-order valence-electron chi connectivity index (χ3n) is 4.45. The van der Waals surface area contributed by atoms with Crippen LogP contribution in [0.5, 0.6) is 5.88 Å². The molecule has 0 aromatic carbocycles. The maximum absolute atomic E-state index is 12.6. The van der Waals surface area contributed by atoms with Crippen LogP contribution in [0.4, 0.5) is 0 Å². The molecule has 2 N–H and O–H groups in total. The molecule has 128 valence electrons. The molecule has 1 amide bonds. The maximum Gasteiger partial charge on any atom is 0.229 e. The Morgan fingerprint density at radius 2 is 2.22 bits per heavy atom. The molecule has 1 aliphatic heterocycles. The van der Waals surface area contributed by atoms with Gasteiger partial charge in [-0.05, 0) is 64.8 Å². The van der Waals surface area contributed by atoms with Gasteiger partial charge in [0.1, 0.15) is 6.61 Å². The summed E-state index contributed by atoms with van der Waals surface area (Å²) in [6, 6.07) is 2.27. The molecule has 1 aliphatic rings. The van der Waals surface area contributed by atoms with Crippen molar-refractivity contribution < 1.29 is 9.53 Å². The molecule has 0 aliphatic carbocycles. The second kappa shape index (κ2) is 7.30. The van der Waals surface area contributed by atoms with E-state index in [1.165, 1.54) is 0 Å². The summed E-state index contributed by atoms with van der Waals surface area (Å²) < 4.78 is 5.81. The Bertz CT molecular complexity index is 557. The minimum absolute atomic E-state index is 0.0426. The number of aromatic nitrogens is 1. The summed E-state index contributed by atoms with van der Waals surface area (Å²) in [5.74, 6) is 1.10. The van der Waals surface area contributed by atoms with Crippen LogP contribution >= 0.6 is 0 Å². The number of aryl methyl sites for hydroxylation is 2. The molecule has 1 saturated heterocycles. The molecule has 5 nitrogen and oxygen atoms in total. The molecule has 23 heavy (non-hydrogen) atoms. The molecule has 0 saturated carbocycles. The minimum Gasteiger partial charge on any atom is -0.476 e. The van der Waals surface area contributed by atoms with Gasteiger partial charge in [0, 0.05) is 17.8 Å². The number of carbonyl (C=O) groups excluding carboxylic acids is 1. The van der Waals surface area contributed by atoms with Crippen molar-refractivity contribution in [1.82, 2.24) is 15.6 Å². The van der Waals surface area contributed by atoms with Gasteiger partial charge in [0.05, 0.1) is 5.41 Å². The summed E-state index contributed by atoms with van der Waals surface area (Å²) in [5.41, 5.74) is 1.50. The Morgan fingerprint density at radius 1 is 1.48 bits per heavy atom. The zero-order valence-corrected chi connectivity index (χ0v) is 14.9. The zero-order valence-electron chi connectivity index (χ0n) is 14.9. The third-order valence-corrected chi connectivity index (χ3v) is 4.45. The van der Waals surface area contributed by atoms with Crippen molar-refractivity contribution in [2.75, 3.05) is 19.7 Å². The first kappa shape index (κ1) is 17.7. The van der Waals surface area contributed by atoms with Crippen molar-refractivity contribution in [3.63, 3.8) is 0 Å². The Morgan fingerprint density at radius 3 is 2.87 bits per heavy atom. The van der Waals surface area contributed by atoms with Crippen LogP contribution in [0.2, 0.25) is 0 Å². The first-order chi connectivity index (χ1) is 10.8. The number of nitrogens with one attached hydrogen (secondary N) is 2. The third kappa shape index (κ3) is 4.67. The Labute approximate surface area is 139 Å². The van der Waals surface area contributed by atoms with Gasteiger partial charge in [-0.25, -0.2) is 4.98 Å². The predicted octanol–water partition coefficient (Wildman–Crippen LogP) is 2.22. The fraction of sp³-hybridized carbons (Fsp3) is 0.667. The van der Waals surface area contributed by atoms with Gasteiger partial charge in [-0.1, -0.05) is 6.92 Å². The van der Waals surface area contributed by atoms with Crippen LogP contribution in [-0.2, 0) is 4.79 Å². The van der Waals surface area contributed by atoms with Gasteiger partial charge in [-0.15, -0.1) is 0 Å². The molecule has 2 atom stereocenters. The summed E-state index contributed by atoms with van der Waals surface area (Å²) in [6.45, 7) is 12.2. The number of hydrogen-bond donors (Lipinski definition) is 2. The summed E-state index contributed by atoms with van der Waals surface area (Å²) in [7, 11) is 0. The minimum atomic E-state index is -0.594. The van der Waals surface area contributed by atoms with Gasteiger partial charge in [-0.3, -0.25) is 4.79 Å². The molecular formula is C18H29N3O2. The standard InChI is InChI=1S/C18H29N3O2/c1-12-8-13(2)16(20-9-12)23-11-18(4,5)17(22)21-15-6-7-19-10-14(15)3/h8-9,14-15,19H,6-7,10-11H2,1-5H3,(H,21,22). The van der Waals surface area contributed by atoms with Gasteiger partial charge < -0.3 is 15.4 Å². The number of carbonyl (C=O) groups is 1. The van der Waals surface area contributed by atoms with Crippen LogP contribution in [0, 0.1) is 25.2 Å². The van der Waals surface area contributed by atoms with E-state index in [1.54, 1.807) is 6.20 Å². The Hall–Kier alpha value is -1.62. The van der Waals surface area contributed by atoms with E-state index in [1.807, 2.05) is 33.8 Å². The van der Waals surface area contributed by atoms with Crippen LogP contribution in [0.1, 0.15) is 38.3 Å². The SMILES string of the molecule is Cc1cnc(OCC(C)(C)C(=O)NC2CCNCC2C)c(C)c1. The van der Waals surface area contributed by atoms with Gasteiger partial charge in [0.2, 0.25) is 11.8 Å². The van der Waals surface area contributed by atoms with Crippen molar-refractivity contribution in [3.8, 4) is 5.88 Å². The largest absolute Gasteiger partial charge is 0.476 e. The van der Waals surface area contributed by atoms with Crippen molar-refractivity contribution in [2.45, 2.75) is 47.1 Å². The van der Waals surface area contributed by atoms with Crippen LogP contribution in [0.25, 0.3) is 0 Å². The number of ether oxygens (including phenoxy) is 1. The summed E-state index contributed by atoms with van der Waals surface area (Å²) in [5, 5.41) is 6.54. The van der Waals surface area contributed by atoms with E-state index in [9.17, 15) is 4.79 Å².